The van der Waals surface area contributed by atoms with Gasteiger partial charge in [0, 0.05) is 0 Å². The quantitative estimate of drug-likeness (QED) is 0.0487. The Balaban J connectivity index is 1.49. The summed E-state index contributed by atoms with van der Waals surface area (Å²) in [4.78, 5) is 1.02. The first-order valence-electron chi connectivity index (χ1n) is 24.0. The van der Waals surface area contributed by atoms with Crippen molar-refractivity contribution in [3.63, 3.8) is 0 Å². The third-order valence-corrected chi connectivity index (χ3v) is 27.1. The van der Waals surface area contributed by atoms with Crippen LogP contribution in [0.5, 0.6) is 5.75 Å². The third kappa shape index (κ3) is 10.4. The Bertz CT molecular complexity index is 3070. The molecule has 0 aliphatic heterocycles. The molecule has 2 atom stereocenters. The minimum absolute atomic E-state index is 0.00336. The summed E-state index contributed by atoms with van der Waals surface area (Å²) in [7, 11) is -5.10. The molecule has 0 fully saturated rings. The summed E-state index contributed by atoms with van der Waals surface area (Å²) in [5.74, 6) is -0.838. The zero-order chi connectivity index (χ0) is 53.7. The van der Waals surface area contributed by atoms with E-state index in [-0.39, 0.29) is 18.4 Å². The number of benzene rings is 9. The van der Waals surface area contributed by atoms with Crippen LogP contribution in [0.4, 0.5) is 26.3 Å². The number of hydrogen-bond acceptors (Lipinski definition) is 5. The second kappa shape index (κ2) is 21.9. The number of hydrogen-bond donors (Lipinski definition) is 0. The molecule has 76 heavy (non-hydrogen) atoms. The van der Waals surface area contributed by atoms with Gasteiger partial charge < -0.3 is 0 Å². The van der Waals surface area contributed by atoms with E-state index in [4.69, 9.17) is 13.5 Å². The topological polar surface area (TPSA) is 61.8 Å². The standard InChI is InChI=1S/C60H51BF6O5P2S2/c1-75(68)57-37-21-23-46(39-57)44-73(51-25-9-3-10-26-51,52-27-11-4-12-28-52,53-29-13-5-14-30-53)71-61(70-50-42-48(59(62,63)64)41-49(43-50)60(65,66)67)72-74(54-31-15-6-16-32-54,55-33-17-7-18-34-55,56-35-19-8-20-36-56)45-47-24-22-38-58(40-47)76(2)69/h3-43H,44-45H2,1-2H3. The van der Waals surface area contributed by atoms with Gasteiger partial charge in [-0.15, -0.1) is 0 Å². The van der Waals surface area contributed by atoms with Crippen LogP contribution in [0.3, 0.4) is 0 Å². The van der Waals surface area contributed by atoms with Crippen molar-refractivity contribution < 1.29 is 48.3 Å². The molecule has 9 rings (SSSR count). The predicted octanol–water partition coefficient (Wildman–Crippen LogP) is 12.9. The molecule has 0 aliphatic carbocycles. The van der Waals surface area contributed by atoms with Crippen LogP contribution in [0.1, 0.15) is 22.3 Å². The van der Waals surface area contributed by atoms with Crippen LogP contribution in [0.2, 0.25) is 0 Å². The van der Waals surface area contributed by atoms with E-state index < -0.39 is 71.8 Å². The molecular weight excluding hydrogens is 1050 g/mol. The Labute approximate surface area is 444 Å². The predicted molar refractivity (Wildman–Crippen MR) is 300 cm³/mol. The fraction of sp³-hybridized carbons (Fsp3) is 0.100. The molecule has 16 heteroatoms. The van der Waals surface area contributed by atoms with Gasteiger partial charge in [-0.1, -0.05) is 0 Å². The maximum absolute atomic E-state index is 15.0. The number of alkyl halides is 6. The van der Waals surface area contributed by atoms with Crippen LogP contribution in [-0.4, -0.2) is 28.3 Å². The molecule has 9 aromatic carbocycles. The van der Waals surface area contributed by atoms with E-state index in [2.05, 4.69) is 0 Å². The average molecular weight is 1100 g/mol. The average Bonchev–Trinajstić information content (AvgIpc) is 3.44. The Morgan fingerprint density at radius 2 is 0.658 bits per heavy atom. The second-order valence-corrected chi connectivity index (χ2v) is 30.1. The van der Waals surface area contributed by atoms with E-state index in [1.165, 1.54) is 0 Å². The van der Waals surface area contributed by atoms with Gasteiger partial charge in [0.15, 0.2) is 0 Å². The molecule has 0 spiro atoms. The van der Waals surface area contributed by atoms with Crippen molar-refractivity contribution >= 4 is 74.4 Å². The van der Waals surface area contributed by atoms with Crippen LogP contribution in [0.15, 0.2) is 259 Å². The third-order valence-electron chi connectivity index (χ3n) is 13.7. The van der Waals surface area contributed by atoms with Crippen molar-refractivity contribution in [1.82, 2.24) is 0 Å². The van der Waals surface area contributed by atoms with Crippen LogP contribution in [-0.2, 0) is 55.2 Å². The first-order valence-corrected chi connectivity index (χ1v) is 31.8. The van der Waals surface area contributed by atoms with E-state index in [1.54, 1.807) is 36.8 Å². The van der Waals surface area contributed by atoms with E-state index in [9.17, 15) is 8.42 Å². The summed E-state index contributed by atoms with van der Waals surface area (Å²) in [6.07, 6.45) is -7.37. The minimum atomic E-state index is -5.25. The van der Waals surface area contributed by atoms with Crippen molar-refractivity contribution in [2.24, 2.45) is 0 Å². The summed E-state index contributed by atoms with van der Waals surface area (Å²) >= 11 is 0. The van der Waals surface area contributed by atoms with Crippen LogP contribution < -0.4 is 36.5 Å². The van der Waals surface area contributed by atoms with Crippen molar-refractivity contribution in [2.75, 3.05) is 12.5 Å². The molecule has 0 bridgehead atoms. The summed E-state index contributed by atoms with van der Waals surface area (Å²) in [6, 6.07) is 71.3. The molecule has 2 unspecified atom stereocenters. The molecular formula is C60H51BF6O5P2S2. The second-order valence-electron chi connectivity index (χ2n) is 18.3. The normalized spacial score (nSPS) is 14.1. The number of rotatable bonds is 18. The van der Waals surface area contributed by atoms with Crippen molar-refractivity contribution in [3.8, 4) is 5.75 Å². The van der Waals surface area contributed by atoms with Gasteiger partial charge in [-0.05, 0) is 0 Å². The van der Waals surface area contributed by atoms with Gasteiger partial charge in [0.05, 0.1) is 0 Å². The van der Waals surface area contributed by atoms with Crippen molar-refractivity contribution in [3.05, 3.63) is 271 Å². The summed E-state index contributed by atoms with van der Waals surface area (Å²) in [6.45, 7) is -10.0. The van der Waals surface area contributed by atoms with Gasteiger partial charge in [0.1, 0.15) is 0 Å². The Kier molecular flexibility index (Phi) is 15.6. The van der Waals surface area contributed by atoms with Gasteiger partial charge in [-0.2, -0.15) is 0 Å². The Morgan fingerprint density at radius 3 is 0.908 bits per heavy atom. The van der Waals surface area contributed by atoms with Gasteiger partial charge in [0.2, 0.25) is 0 Å². The van der Waals surface area contributed by atoms with E-state index in [1.807, 2.05) is 206 Å². The fourth-order valence-corrected chi connectivity index (χ4v) is 22.8. The molecule has 0 saturated heterocycles. The molecule has 0 radical (unpaired) electrons. The summed E-state index contributed by atoms with van der Waals surface area (Å²) in [5, 5.41) is 3.60. The molecule has 5 nitrogen and oxygen atoms in total. The summed E-state index contributed by atoms with van der Waals surface area (Å²) in [5.41, 5.74) is -1.92. The molecule has 0 N–H and O–H groups in total. The monoisotopic (exact) mass is 1100 g/mol. The van der Waals surface area contributed by atoms with Gasteiger partial charge in [0.25, 0.3) is 0 Å². The van der Waals surface area contributed by atoms with E-state index in [0.717, 1.165) is 0 Å². The van der Waals surface area contributed by atoms with E-state index >= 15 is 26.3 Å². The molecule has 9 aromatic rings. The van der Waals surface area contributed by atoms with Gasteiger partial charge in [-0.3, -0.25) is 0 Å². The molecule has 388 valence electrons. The SMILES string of the molecule is CS(=O)c1cccc(CP(OB(Oc2cc(C(F)(F)F)cc(C(F)(F)F)c2)OP(Cc2cccc(S(C)=O)c2)(c2ccccc2)(c2ccccc2)c2ccccc2)(c2ccccc2)(c2ccccc2)c2ccccc2)c1. The van der Waals surface area contributed by atoms with Crippen molar-refractivity contribution in [2.45, 2.75) is 34.5 Å². The Hall–Kier alpha value is -6.50. The van der Waals surface area contributed by atoms with Crippen LogP contribution in [0.25, 0.3) is 0 Å². The fourth-order valence-electron chi connectivity index (χ4n) is 10.2. The van der Waals surface area contributed by atoms with Gasteiger partial charge >= 0.3 is 446 Å². The first kappa shape index (κ1) is 54.3. The molecule has 0 amide bonds. The van der Waals surface area contributed by atoms with Crippen LogP contribution >= 0.6 is 13.7 Å². The molecule has 0 aliphatic rings. The summed E-state index contributed by atoms with van der Waals surface area (Å²) < 4.78 is 140. The molecule has 0 aromatic heterocycles. The van der Waals surface area contributed by atoms with Gasteiger partial charge in [-0.25, -0.2) is 0 Å². The van der Waals surface area contributed by atoms with Crippen molar-refractivity contribution in [1.29, 1.82) is 0 Å². The number of halogens is 6. The Morgan fingerprint density at radius 1 is 0.382 bits per heavy atom. The zero-order valence-corrected chi connectivity index (χ0v) is 44.6. The van der Waals surface area contributed by atoms with E-state index in [0.29, 0.717) is 64.9 Å². The zero-order valence-electron chi connectivity index (χ0n) is 41.2. The molecule has 0 saturated carbocycles. The van der Waals surface area contributed by atoms with Crippen LogP contribution in [0, 0.1) is 0 Å². The first-order chi connectivity index (χ1) is 36.4. The maximum atomic E-state index is 15.0. The molecule has 0 heterocycles.